The van der Waals surface area contributed by atoms with E-state index in [1.165, 1.54) is 0 Å². The molecule has 3 aromatic heterocycles. The van der Waals surface area contributed by atoms with Gasteiger partial charge in [0.15, 0.2) is 0 Å². The van der Waals surface area contributed by atoms with Crippen LogP contribution < -0.4 is 15.2 Å². The van der Waals surface area contributed by atoms with Gasteiger partial charge in [0.1, 0.15) is 47.5 Å². The molecule has 1 aliphatic rings. The van der Waals surface area contributed by atoms with E-state index in [4.69, 9.17) is 15.2 Å². The number of hydrogen-bond donors (Lipinski definition) is 1. The second kappa shape index (κ2) is 13.0. The predicted molar refractivity (Wildman–Crippen MR) is 167 cm³/mol. The van der Waals surface area contributed by atoms with E-state index >= 15 is 0 Å². The number of nitrogens with zero attached hydrogens (tertiary/aromatic N) is 6. The molecule has 2 N–H and O–H groups in total. The van der Waals surface area contributed by atoms with E-state index in [1.54, 1.807) is 18.7 Å². The van der Waals surface area contributed by atoms with E-state index in [-0.39, 0.29) is 0 Å². The monoisotopic (exact) mass is 565 g/mol. The highest BCUT2D eigenvalue weighted by Crippen LogP contribution is 2.37. The molecule has 1 saturated heterocycles. The topological polar surface area (TPSA) is 104 Å². The zero-order valence-electron chi connectivity index (χ0n) is 25.0. The number of aromatic nitrogens is 5. The smallest absolute Gasteiger partial charge is 0.146 e. The second-order valence-electron chi connectivity index (χ2n) is 10.5. The Kier molecular flexibility index (Phi) is 8.97. The first-order valence-corrected chi connectivity index (χ1v) is 14.5. The number of nitrogens with two attached hydrogens (primary N) is 1. The van der Waals surface area contributed by atoms with Gasteiger partial charge in [0.25, 0.3) is 0 Å². The molecular weight excluding hydrogens is 526 g/mol. The van der Waals surface area contributed by atoms with Crippen molar-refractivity contribution in [3.05, 3.63) is 84.3 Å². The van der Waals surface area contributed by atoms with Crippen LogP contribution in [0.1, 0.15) is 49.7 Å². The normalized spacial score (nSPS) is 13.9. The summed E-state index contributed by atoms with van der Waals surface area (Å²) in [6, 6.07) is 14.3. The number of likely N-dealkylation sites (tertiary alicyclic amines) is 1. The molecule has 0 amide bonds. The largest absolute Gasteiger partial charge is 0.489 e. The molecule has 0 atom stereocenters. The van der Waals surface area contributed by atoms with E-state index < -0.39 is 0 Å². The van der Waals surface area contributed by atoms with Gasteiger partial charge in [-0.05, 0) is 82.2 Å². The maximum atomic E-state index is 6.37. The molecule has 6 rings (SSSR count). The van der Waals surface area contributed by atoms with E-state index in [0.29, 0.717) is 24.2 Å². The highest BCUT2D eigenvalue weighted by atomic mass is 16.5. The third-order valence-corrected chi connectivity index (χ3v) is 7.39. The number of fused-ring (bicyclic) bond motifs is 1. The van der Waals surface area contributed by atoms with Gasteiger partial charge in [0, 0.05) is 41.8 Å². The van der Waals surface area contributed by atoms with Crippen molar-refractivity contribution in [3.63, 3.8) is 0 Å². The Morgan fingerprint density at radius 3 is 2.29 bits per heavy atom. The summed E-state index contributed by atoms with van der Waals surface area (Å²) in [5.74, 6) is 3.40. The van der Waals surface area contributed by atoms with Gasteiger partial charge < -0.3 is 24.7 Å². The van der Waals surface area contributed by atoms with Crippen molar-refractivity contribution in [1.82, 2.24) is 29.4 Å². The van der Waals surface area contributed by atoms with Crippen LogP contribution in [0.3, 0.4) is 0 Å². The van der Waals surface area contributed by atoms with Crippen LogP contribution in [0, 0.1) is 13.8 Å². The fraction of sp³-hybridized carbons (Fsp3) is 0.333. The van der Waals surface area contributed by atoms with Crippen molar-refractivity contribution < 1.29 is 9.47 Å². The van der Waals surface area contributed by atoms with Gasteiger partial charge >= 0.3 is 0 Å². The summed E-state index contributed by atoms with van der Waals surface area (Å²) in [7, 11) is 2.17. The Balaban J connectivity index is 0.00000173. The molecule has 9 nitrogen and oxygen atoms in total. The first-order valence-electron chi connectivity index (χ1n) is 14.5. The van der Waals surface area contributed by atoms with Crippen molar-refractivity contribution >= 4 is 16.9 Å². The fourth-order valence-corrected chi connectivity index (χ4v) is 5.23. The zero-order valence-corrected chi connectivity index (χ0v) is 25.0. The Bertz CT molecular complexity index is 1620. The van der Waals surface area contributed by atoms with Gasteiger partial charge in [-0.25, -0.2) is 19.9 Å². The Labute approximate surface area is 247 Å². The predicted octanol–water partition coefficient (Wildman–Crippen LogP) is 6.75. The standard InChI is InChI=1S/C31H33N7O2.C2H6/c1-20-12-26(39-18-22-15-33-21(2)34-16-22)14-27(13-20)40-25-6-4-23(5-7-25)28-17-38(24-8-10-37(3)11-9-24)31-29(28)30(32)35-19-36-31;1-2/h4-7,12-17,19,24H,8-11,18H2,1-3H3,(H2,32,35,36);1-2H3. The summed E-state index contributed by atoms with van der Waals surface area (Å²) < 4.78 is 14.5. The van der Waals surface area contributed by atoms with Crippen LogP contribution in [-0.2, 0) is 6.61 Å². The highest BCUT2D eigenvalue weighted by Gasteiger charge is 2.23. The summed E-state index contributed by atoms with van der Waals surface area (Å²) in [4.78, 5) is 19.7. The lowest BCUT2D eigenvalue weighted by molar-refractivity contribution is 0.224. The van der Waals surface area contributed by atoms with Crippen LogP contribution in [0.25, 0.3) is 22.2 Å². The molecule has 0 bridgehead atoms. The molecule has 5 aromatic rings. The van der Waals surface area contributed by atoms with Crippen molar-refractivity contribution in [1.29, 1.82) is 0 Å². The number of piperidine rings is 1. The summed E-state index contributed by atoms with van der Waals surface area (Å²) in [6.07, 6.45) is 9.46. The molecule has 0 aliphatic carbocycles. The summed E-state index contributed by atoms with van der Waals surface area (Å²) in [6.45, 7) is 10.4. The van der Waals surface area contributed by atoms with Gasteiger partial charge in [-0.2, -0.15) is 0 Å². The fourth-order valence-electron chi connectivity index (χ4n) is 5.23. The molecule has 0 unspecified atom stereocenters. The number of anilines is 1. The Morgan fingerprint density at radius 2 is 1.57 bits per heavy atom. The summed E-state index contributed by atoms with van der Waals surface area (Å²) in [5, 5.41) is 0.898. The maximum absolute atomic E-state index is 6.37. The molecule has 1 aliphatic heterocycles. The zero-order chi connectivity index (χ0) is 29.6. The Morgan fingerprint density at radius 1 is 0.881 bits per heavy atom. The third kappa shape index (κ3) is 6.52. The molecule has 1 fully saturated rings. The highest BCUT2D eigenvalue weighted by molar-refractivity contribution is 6.00. The number of ether oxygens (including phenoxy) is 2. The van der Waals surface area contributed by atoms with Crippen molar-refractivity contribution in [2.45, 2.75) is 53.2 Å². The van der Waals surface area contributed by atoms with E-state index in [9.17, 15) is 0 Å². The van der Waals surface area contributed by atoms with Gasteiger partial charge in [-0.3, -0.25) is 0 Å². The van der Waals surface area contributed by atoms with E-state index in [0.717, 1.165) is 76.5 Å². The van der Waals surface area contributed by atoms with Crippen molar-refractivity contribution in [3.8, 4) is 28.4 Å². The first-order chi connectivity index (χ1) is 20.4. The van der Waals surface area contributed by atoms with Crippen LogP contribution >= 0.6 is 0 Å². The number of rotatable bonds is 7. The summed E-state index contributed by atoms with van der Waals surface area (Å²) in [5.41, 5.74) is 11.3. The minimum absolute atomic E-state index is 0.385. The number of hydrogen-bond acceptors (Lipinski definition) is 8. The van der Waals surface area contributed by atoms with Crippen LogP contribution in [0.15, 0.2) is 67.4 Å². The molecular formula is C33H39N7O2. The van der Waals surface area contributed by atoms with Crippen LogP contribution in [0.2, 0.25) is 0 Å². The molecule has 9 heteroatoms. The minimum atomic E-state index is 0.385. The van der Waals surface area contributed by atoms with Gasteiger partial charge in [0.05, 0.1) is 5.39 Å². The second-order valence-corrected chi connectivity index (χ2v) is 10.5. The average molecular weight is 566 g/mol. The average Bonchev–Trinajstić information content (AvgIpc) is 3.39. The van der Waals surface area contributed by atoms with Crippen molar-refractivity contribution in [2.24, 2.45) is 0 Å². The lowest BCUT2D eigenvalue weighted by Gasteiger charge is -2.30. The Hall–Kier alpha value is -4.50. The van der Waals surface area contributed by atoms with Crippen LogP contribution in [-0.4, -0.2) is 49.5 Å². The number of benzene rings is 2. The molecule has 4 heterocycles. The molecule has 42 heavy (non-hydrogen) atoms. The number of aryl methyl sites for hydroxylation is 2. The minimum Gasteiger partial charge on any atom is -0.489 e. The third-order valence-electron chi connectivity index (χ3n) is 7.39. The lowest BCUT2D eigenvalue weighted by atomic mass is 10.1. The molecule has 2 aromatic carbocycles. The van der Waals surface area contributed by atoms with E-state index in [1.807, 2.05) is 58.0 Å². The quantitative estimate of drug-likeness (QED) is 0.231. The van der Waals surface area contributed by atoms with Gasteiger partial charge in [-0.1, -0.05) is 26.0 Å². The SMILES string of the molecule is CC.Cc1cc(OCc2cnc(C)nc2)cc(Oc2ccc(-c3cn(C4CCN(C)CC4)c4ncnc(N)c34)cc2)c1. The van der Waals surface area contributed by atoms with Gasteiger partial charge in [-0.15, -0.1) is 0 Å². The molecule has 0 radical (unpaired) electrons. The van der Waals surface area contributed by atoms with Crippen LogP contribution in [0.4, 0.5) is 5.82 Å². The maximum Gasteiger partial charge on any atom is 0.146 e. The van der Waals surface area contributed by atoms with Gasteiger partial charge in [0.2, 0.25) is 0 Å². The lowest BCUT2D eigenvalue weighted by Crippen LogP contribution is -2.31. The first kappa shape index (κ1) is 29.0. The van der Waals surface area contributed by atoms with Crippen LogP contribution in [0.5, 0.6) is 17.2 Å². The summed E-state index contributed by atoms with van der Waals surface area (Å²) >= 11 is 0. The van der Waals surface area contributed by atoms with Crippen molar-refractivity contribution in [2.75, 3.05) is 25.9 Å². The number of nitrogen functional groups attached to an aromatic ring is 1. The molecule has 0 spiro atoms. The van der Waals surface area contributed by atoms with E-state index in [2.05, 4.69) is 54.8 Å². The molecule has 0 saturated carbocycles. The molecule has 218 valence electrons.